The van der Waals surface area contributed by atoms with Crippen LogP contribution in [0.4, 0.5) is 0 Å². The van der Waals surface area contributed by atoms with Crippen LogP contribution in [-0.4, -0.2) is 26.2 Å². The van der Waals surface area contributed by atoms with Crippen LogP contribution in [-0.2, 0) is 30.5 Å². The fraction of sp³-hybridized carbons (Fsp3) is 0.226. The molecule has 194 valence electrons. The number of sulfone groups is 1. The lowest BCUT2D eigenvalue weighted by atomic mass is 9.93. The van der Waals surface area contributed by atoms with Gasteiger partial charge in [0.25, 0.3) is 0 Å². The van der Waals surface area contributed by atoms with Crippen molar-refractivity contribution >= 4 is 21.9 Å². The van der Waals surface area contributed by atoms with Crippen LogP contribution >= 0.6 is 0 Å². The first-order valence-corrected chi connectivity index (χ1v) is 14.3. The Morgan fingerprint density at radius 2 is 1.55 bits per heavy atom. The van der Waals surface area contributed by atoms with Gasteiger partial charge in [-0.1, -0.05) is 84.0 Å². The number of ether oxygens (including phenoxy) is 1. The van der Waals surface area contributed by atoms with Gasteiger partial charge in [0.05, 0.1) is 23.5 Å². The minimum Gasteiger partial charge on any atom is -0.465 e. The molecule has 1 fully saturated rings. The summed E-state index contributed by atoms with van der Waals surface area (Å²) in [7, 11) is -3.47. The smallest absolute Gasteiger partial charge is 0.316 e. The molecule has 5 rings (SSSR count). The molecule has 6 nitrogen and oxygen atoms in total. The second-order valence-corrected chi connectivity index (χ2v) is 11.5. The average Bonchev–Trinajstić information content (AvgIpc) is 3.65. The lowest BCUT2D eigenvalue weighted by Gasteiger charge is -2.14. The zero-order valence-corrected chi connectivity index (χ0v) is 22.2. The summed E-state index contributed by atoms with van der Waals surface area (Å²) in [5.41, 5.74) is 5.32. The molecule has 3 aromatic carbocycles. The van der Waals surface area contributed by atoms with Crippen molar-refractivity contribution in [3.8, 4) is 22.5 Å². The molecule has 0 amide bonds. The Kier molecular flexibility index (Phi) is 7.04. The van der Waals surface area contributed by atoms with Crippen molar-refractivity contribution in [1.82, 2.24) is 5.16 Å². The molecule has 4 aromatic rings. The summed E-state index contributed by atoms with van der Waals surface area (Å²) in [4.78, 5) is 12.4. The second-order valence-electron chi connectivity index (χ2n) is 9.56. The summed E-state index contributed by atoms with van der Waals surface area (Å²) in [5.74, 6) is 0.302. The minimum absolute atomic E-state index is 0.0710. The highest BCUT2D eigenvalue weighted by atomic mass is 32.2. The van der Waals surface area contributed by atoms with Gasteiger partial charge in [-0.05, 0) is 55.0 Å². The van der Waals surface area contributed by atoms with E-state index in [0.717, 1.165) is 40.7 Å². The monoisotopic (exact) mass is 527 g/mol. The van der Waals surface area contributed by atoms with E-state index in [-0.39, 0.29) is 11.7 Å². The normalized spacial score (nSPS) is 14.5. The third-order valence-corrected chi connectivity index (χ3v) is 8.18. The molecule has 1 aliphatic rings. The maximum Gasteiger partial charge on any atom is 0.316 e. The van der Waals surface area contributed by atoms with Gasteiger partial charge >= 0.3 is 5.97 Å². The first-order valence-electron chi connectivity index (χ1n) is 12.6. The van der Waals surface area contributed by atoms with E-state index in [1.54, 1.807) is 25.1 Å². The van der Waals surface area contributed by atoms with E-state index < -0.39 is 15.3 Å². The van der Waals surface area contributed by atoms with Gasteiger partial charge < -0.3 is 9.26 Å². The van der Waals surface area contributed by atoms with Crippen molar-refractivity contribution in [3.05, 3.63) is 107 Å². The van der Waals surface area contributed by atoms with Crippen LogP contribution in [0.25, 0.3) is 28.5 Å². The molecule has 0 spiro atoms. The molecule has 1 heterocycles. The number of nitrogens with zero attached hydrogens (tertiary/aromatic N) is 1. The second kappa shape index (κ2) is 10.4. The number of rotatable bonds is 9. The Morgan fingerprint density at radius 1 is 0.947 bits per heavy atom. The van der Waals surface area contributed by atoms with Crippen LogP contribution in [0.1, 0.15) is 42.1 Å². The van der Waals surface area contributed by atoms with E-state index in [1.165, 1.54) is 5.41 Å². The van der Waals surface area contributed by atoms with Gasteiger partial charge in [-0.25, -0.2) is 8.42 Å². The van der Waals surface area contributed by atoms with Crippen LogP contribution in [0.2, 0.25) is 0 Å². The average molecular weight is 528 g/mol. The van der Waals surface area contributed by atoms with E-state index in [0.29, 0.717) is 23.6 Å². The molecule has 0 bridgehead atoms. The van der Waals surface area contributed by atoms with Crippen molar-refractivity contribution in [3.63, 3.8) is 0 Å². The lowest BCUT2D eigenvalue weighted by Crippen LogP contribution is -2.23. The maximum atomic E-state index is 12.7. The number of esters is 1. The van der Waals surface area contributed by atoms with Crippen molar-refractivity contribution in [2.45, 2.75) is 37.9 Å². The highest BCUT2D eigenvalue weighted by Gasteiger charge is 2.52. The van der Waals surface area contributed by atoms with Gasteiger partial charge in [0.2, 0.25) is 0 Å². The van der Waals surface area contributed by atoms with Crippen LogP contribution in [0, 0.1) is 6.92 Å². The molecule has 1 saturated carbocycles. The van der Waals surface area contributed by atoms with Crippen LogP contribution in [0.5, 0.6) is 0 Å². The van der Waals surface area contributed by atoms with Crippen LogP contribution in [0.15, 0.2) is 88.8 Å². The van der Waals surface area contributed by atoms with E-state index in [2.05, 4.69) is 5.16 Å². The predicted octanol–water partition coefficient (Wildman–Crippen LogP) is 6.50. The van der Waals surface area contributed by atoms with Gasteiger partial charge in [0, 0.05) is 16.5 Å². The van der Waals surface area contributed by atoms with Crippen molar-refractivity contribution in [1.29, 1.82) is 0 Å². The zero-order valence-electron chi connectivity index (χ0n) is 21.4. The van der Waals surface area contributed by atoms with Crippen LogP contribution in [0.3, 0.4) is 0 Å². The predicted molar refractivity (Wildman–Crippen MR) is 148 cm³/mol. The highest BCUT2D eigenvalue weighted by Crippen LogP contribution is 2.49. The van der Waals surface area contributed by atoms with E-state index in [4.69, 9.17) is 9.26 Å². The topological polar surface area (TPSA) is 86.5 Å². The number of hydrogen-bond acceptors (Lipinski definition) is 6. The van der Waals surface area contributed by atoms with Crippen LogP contribution < -0.4 is 0 Å². The quantitative estimate of drug-likeness (QED) is 0.231. The third kappa shape index (κ3) is 5.34. The number of aryl methyl sites for hydroxylation is 1. The van der Waals surface area contributed by atoms with Gasteiger partial charge in [0.15, 0.2) is 15.6 Å². The number of benzene rings is 3. The van der Waals surface area contributed by atoms with Crippen molar-refractivity contribution in [2.75, 3.05) is 6.61 Å². The molecular formula is C31H29NO5S. The summed E-state index contributed by atoms with van der Waals surface area (Å²) < 4.78 is 36.2. The Labute approximate surface area is 222 Å². The molecule has 7 heteroatoms. The fourth-order valence-corrected chi connectivity index (χ4v) is 5.70. The molecule has 1 aromatic heterocycles. The van der Waals surface area contributed by atoms with E-state index >= 15 is 0 Å². The minimum atomic E-state index is -3.47. The van der Waals surface area contributed by atoms with Gasteiger partial charge in [-0.2, -0.15) is 0 Å². The Morgan fingerprint density at radius 3 is 2.16 bits per heavy atom. The van der Waals surface area contributed by atoms with E-state index in [1.807, 2.05) is 73.7 Å². The van der Waals surface area contributed by atoms with Gasteiger partial charge in [-0.15, -0.1) is 0 Å². The fourth-order valence-electron chi connectivity index (χ4n) is 4.61. The van der Waals surface area contributed by atoms with Gasteiger partial charge in [0.1, 0.15) is 0 Å². The summed E-state index contributed by atoms with van der Waals surface area (Å²) in [6.07, 6.45) is 3.20. The van der Waals surface area contributed by atoms with E-state index in [9.17, 15) is 13.2 Å². The first kappa shape index (κ1) is 25.7. The molecule has 0 saturated heterocycles. The first-order chi connectivity index (χ1) is 18.3. The molecular weight excluding hydrogens is 498 g/mol. The molecule has 0 N–H and O–H groups in total. The third-order valence-electron chi connectivity index (χ3n) is 6.90. The molecule has 0 unspecified atom stereocenters. The standard InChI is InChI=1S/C31H29NO5S/c1-3-36-30(33)31(18-19-31)27-15-13-25(14-16-27)24-9-11-26(12-10-24)29-28(22(2)32-37-29)17-20-38(34,35)21-23-7-5-4-6-8-23/h4-17,20H,3,18-19,21H2,1-2H3/b20-17+. The maximum absolute atomic E-state index is 12.7. The van der Waals surface area contributed by atoms with Crippen molar-refractivity contribution < 1.29 is 22.5 Å². The number of carbonyl (C=O) groups is 1. The largest absolute Gasteiger partial charge is 0.465 e. The number of carbonyl (C=O) groups excluding carboxylic acids is 1. The summed E-state index contributed by atoms with van der Waals surface area (Å²) in [6.45, 7) is 4.00. The molecule has 0 radical (unpaired) electrons. The van der Waals surface area contributed by atoms with Gasteiger partial charge in [-0.3, -0.25) is 4.79 Å². The summed E-state index contributed by atoms with van der Waals surface area (Å²) in [5, 5.41) is 5.29. The SMILES string of the molecule is CCOC(=O)C1(c2ccc(-c3ccc(-c4onc(C)c4/C=C/S(=O)(=O)Cc4ccccc4)cc3)cc2)CC1. The molecule has 0 atom stereocenters. The Bertz CT molecular complexity index is 1560. The zero-order chi connectivity index (χ0) is 26.8. The number of hydrogen-bond donors (Lipinski definition) is 0. The molecule has 38 heavy (non-hydrogen) atoms. The highest BCUT2D eigenvalue weighted by molar-refractivity contribution is 7.93. The Hall–Kier alpha value is -3.97. The number of aromatic nitrogens is 1. The Balaban J connectivity index is 1.33. The molecule has 0 aliphatic heterocycles. The summed E-state index contributed by atoms with van der Waals surface area (Å²) in [6, 6.07) is 25.0. The summed E-state index contributed by atoms with van der Waals surface area (Å²) >= 11 is 0. The molecule has 1 aliphatic carbocycles. The van der Waals surface area contributed by atoms with Crippen molar-refractivity contribution in [2.24, 2.45) is 0 Å². The lowest BCUT2D eigenvalue weighted by molar-refractivity contribution is -0.146.